The van der Waals surface area contributed by atoms with Crippen molar-refractivity contribution in [3.63, 3.8) is 0 Å². The summed E-state index contributed by atoms with van der Waals surface area (Å²) in [6.45, 7) is 10.8. The lowest BCUT2D eigenvalue weighted by Gasteiger charge is -2.48. The Hall–Kier alpha value is -1.67. The van der Waals surface area contributed by atoms with Gasteiger partial charge in [-0.1, -0.05) is 6.07 Å². The van der Waals surface area contributed by atoms with Gasteiger partial charge in [0.15, 0.2) is 0 Å². The maximum Gasteiger partial charge on any atom is 0.411 e. The summed E-state index contributed by atoms with van der Waals surface area (Å²) in [7, 11) is 0. The molecule has 2 bridgehead atoms. The van der Waals surface area contributed by atoms with Crippen LogP contribution in [0.3, 0.4) is 0 Å². The van der Waals surface area contributed by atoms with Gasteiger partial charge in [0, 0.05) is 31.1 Å². The summed E-state index contributed by atoms with van der Waals surface area (Å²) in [5.74, 6) is 2.03. The Balaban J connectivity index is 1.34. The van der Waals surface area contributed by atoms with Crippen molar-refractivity contribution >= 4 is 33.7 Å². The Morgan fingerprint density at radius 3 is 2.56 bits per heavy atom. The minimum atomic E-state index is -0.602. The first-order valence-corrected chi connectivity index (χ1v) is 12.5. The molecule has 2 unspecified atom stereocenters. The molecule has 1 aromatic rings. The summed E-state index contributed by atoms with van der Waals surface area (Å²) in [6.07, 6.45) is 4.00. The number of aryl methyl sites for hydroxylation is 1. The van der Waals surface area contributed by atoms with Gasteiger partial charge in [-0.25, -0.2) is 9.78 Å². The Morgan fingerprint density at radius 2 is 1.91 bits per heavy atom. The number of nitrogens with one attached hydrogen (secondary N) is 1. The van der Waals surface area contributed by atoms with Gasteiger partial charge in [-0.15, -0.1) is 0 Å². The average Bonchev–Trinajstić information content (AvgIpc) is 3.25. The van der Waals surface area contributed by atoms with Crippen molar-refractivity contribution in [3.8, 4) is 0 Å². The maximum absolute atomic E-state index is 13.4. The molecule has 174 valence electrons. The fourth-order valence-corrected chi connectivity index (χ4v) is 6.35. The largest absolute Gasteiger partial charge is 0.444 e. The first kappa shape index (κ1) is 22.1. The number of halogens is 1. The molecular weight excluding hydrogens is 472 g/mol. The monoisotopic (exact) mass is 504 g/mol. The Bertz CT molecular complexity index is 932. The predicted molar refractivity (Wildman–Crippen MR) is 125 cm³/mol. The minimum absolute atomic E-state index is 0.00242. The van der Waals surface area contributed by atoms with Crippen molar-refractivity contribution in [2.75, 3.05) is 25.0 Å². The van der Waals surface area contributed by atoms with Crippen molar-refractivity contribution in [2.45, 2.75) is 71.1 Å². The van der Waals surface area contributed by atoms with Crippen LogP contribution in [0.15, 0.2) is 16.7 Å². The lowest BCUT2D eigenvalue weighted by atomic mass is 9.71. The first-order chi connectivity index (χ1) is 15.0. The van der Waals surface area contributed by atoms with Gasteiger partial charge in [0.05, 0.1) is 0 Å². The lowest BCUT2D eigenvalue weighted by molar-refractivity contribution is -0.121. The van der Waals surface area contributed by atoms with Crippen LogP contribution in [0.25, 0.3) is 0 Å². The van der Waals surface area contributed by atoms with Crippen LogP contribution in [-0.4, -0.2) is 64.1 Å². The Labute approximate surface area is 198 Å². The van der Waals surface area contributed by atoms with E-state index in [1.807, 2.05) is 39.8 Å². The third kappa shape index (κ3) is 4.16. The molecule has 2 aliphatic carbocycles. The molecule has 1 aromatic heterocycles. The first-order valence-electron chi connectivity index (χ1n) is 11.7. The van der Waals surface area contributed by atoms with Crippen molar-refractivity contribution in [2.24, 2.45) is 17.3 Å². The van der Waals surface area contributed by atoms with E-state index in [0.29, 0.717) is 16.8 Å². The number of anilines is 1. The second-order valence-electron chi connectivity index (χ2n) is 11.4. The second-order valence-corrected chi connectivity index (χ2v) is 12.2. The number of aromatic nitrogens is 1. The summed E-state index contributed by atoms with van der Waals surface area (Å²) in [4.78, 5) is 35.3. The number of carbonyl (C=O) groups excluding carboxylic acids is 2. The van der Waals surface area contributed by atoms with Crippen LogP contribution < -0.4 is 5.32 Å². The SMILES string of the molecule is Cc1ccc(Br)nc1NC(=O)[C@@H]1CC2(CN3CC4CC(C4)C3)CC2N1C(=O)OC(C)(C)C. The molecule has 3 saturated heterocycles. The third-order valence-corrected chi connectivity index (χ3v) is 7.98. The summed E-state index contributed by atoms with van der Waals surface area (Å²) in [5, 5.41) is 2.97. The zero-order chi connectivity index (χ0) is 22.8. The fourth-order valence-electron chi connectivity index (χ4n) is 6.04. The number of piperidine rings is 3. The van der Waals surface area contributed by atoms with Gasteiger partial charge >= 0.3 is 6.09 Å². The second kappa shape index (κ2) is 7.69. The normalized spacial score (nSPS) is 33.3. The van der Waals surface area contributed by atoms with Gasteiger partial charge in [0.1, 0.15) is 22.1 Å². The molecule has 8 heteroatoms. The number of likely N-dealkylation sites (tertiary alicyclic amines) is 1. The quantitative estimate of drug-likeness (QED) is 0.621. The number of hydrogen-bond acceptors (Lipinski definition) is 5. The van der Waals surface area contributed by atoms with E-state index in [2.05, 4.69) is 31.1 Å². The number of ether oxygens (including phenoxy) is 1. The molecule has 2 amide bonds. The Kier molecular flexibility index (Phi) is 5.32. The number of nitrogens with zero attached hydrogens (tertiary/aromatic N) is 3. The molecule has 0 spiro atoms. The zero-order valence-electron chi connectivity index (χ0n) is 19.4. The van der Waals surface area contributed by atoms with E-state index in [0.717, 1.165) is 43.5 Å². The maximum atomic E-state index is 13.4. The van der Waals surface area contributed by atoms with Crippen LogP contribution in [0.5, 0.6) is 0 Å². The number of rotatable bonds is 4. The fraction of sp³-hybridized carbons (Fsp3) is 0.708. The number of amides is 2. The van der Waals surface area contributed by atoms with Gasteiger partial charge in [0.25, 0.3) is 0 Å². The number of pyridine rings is 1. The van der Waals surface area contributed by atoms with Gasteiger partial charge in [-0.2, -0.15) is 0 Å². The van der Waals surface area contributed by atoms with Crippen molar-refractivity contribution in [1.82, 2.24) is 14.8 Å². The van der Waals surface area contributed by atoms with Gasteiger partial charge in [-0.05, 0) is 92.8 Å². The number of fused-ring (bicyclic) bond motifs is 3. The molecule has 5 fully saturated rings. The minimum Gasteiger partial charge on any atom is -0.444 e. The molecule has 7 nitrogen and oxygen atoms in total. The molecule has 32 heavy (non-hydrogen) atoms. The summed E-state index contributed by atoms with van der Waals surface area (Å²) in [5.41, 5.74) is 0.285. The standard InChI is InChI=1S/C24H33BrN4O3/c1-14-5-6-19(25)26-20(14)27-21(30)17-9-24(13-28-11-15-7-16(8-15)12-28)10-18(24)29(17)22(31)32-23(2,3)4/h5-6,15-18H,7-13H2,1-4H3,(H,26,27,30)/t15?,16?,17-,18?,24?/m0/s1. The van der Waals surface area contributed by atoms with E-state index < -0.39 is 11.6 Å². The summed E-state index contributed by atoms with van der Waals surface area (Å²) < 4.78 is 6.39. The van der Waals surface area contributed by atoms with Gasteiger partial charge in [0.2, 0.25) is 5.91 Å². The molecule has 0 radical (unpaired) electrons. The van der Waals surface area contributed by atoms with E-state index in [9.17, 15) is 9.59 Å². The molecule has 6 rings (SSSR count). The van der Waals surface area contributed by atoms with Crippen LogP contribution in [-0.2, 0) is 9.53 Å². The Morgan fingerprint density at radius 1 is 1.22 bits per heavy atom. The van der Waals surface area contributed by atoms with Crippen LogP contribution in [0.4, 0.5) is 10.6 Å². The molecule has 4 heterocycles. The van der Waals surface area contributed by atoms with Crippen molar-refractivity contribution in [3.05, 3.63) is 22.3 Å². The summed E-state index contributed by atoms with van der Waals surface area (Å²) >= 11 is 3.37. The molecule has 3 atom stereocenters. The molecule has 5 aliphatic rings. The van der Waals surface area contributed by atoms with Crippen LogP contribution in [0, 0.1) is 24.2 Å². The number of carbonyl (C=O) groups is 2. The highest BCUT2D eigenvalue weighted by Crippen LogP contribution is 2.61. The highest BCUT2D eigenvalue weighted by Gasteiger charge is 2.68. The van der Waals surface area contributed by atoms with Crippen molar-refractivity contribution < 1.29 is 14.3 Å². The molecular formula is C24H33BrN4O3. The smallest absolute Gasteiger partial charge is 0.411 e. The highest BCUT2D eigenvalue weighted by molar-refractivity contribution is 9.10. The molecule has 0 aromatic carbocycles. The van der Waals surface area contributed by atoms with E-state index in [-0.39, 0.29) is 23.5 Å². The van der Waals surface area contributed by atoms with E-state index in [1.54, 1.807) is 4.90 Å². The van der Waals surface area contributed by atoms with Crippen LogP contribution in [0.1, 0.15) is 52.0 Å². The topological polar surface area (TPSA) is 74.8 Å². The van der Waals surface area contributed by atoms with Crippen molar-refractivity contribution in [1.29, 1.82) is 0 Å². The number of hydrogen-bond donors (Lipinski definition) is 1. The van der Waals surface area contributed by atoms with E-state index >= 15 is 0 Å². The predicted octanol–water partition coefficient (Wildman–Crippen LogP) is 4.20. The average molecular weight is 505 g/mol. The third-order valence-electron chi connectivity index (χ3n) is 7.53. The molecule has 3 aliphatic heterocycles. The highest BCUT2D eigenvalue weighted by atomic mass is 79.9. The van der Waals surface area contributed by atoms with Crippen LogP contribution in [0.2, 0.25) is 0 Å². The van der Waals surface area contributed by atoms with Gasteiger partial charge in [-0.3, -0.25) is 9.69 Å². The van der Waals surface area contributed by atoms with E-state index in [1.165, 1.54) is 12.8 Å². The molecule has 1 N–H and O–H groups in total. The van der Waals surface area contributed by atoms with Crippen LogP contribution >= 0.6 is 15.9 Å². The van der Waals surface area contributed by atoms with Gasteiger partial charge < -0.3 is 15.0 Å². The zero-order valence-corrected chi connectivity index (χ0v) is 20.9. The van der Waals surface area contributed by atoms with E-state index in [4.69, 9.17) is 4.74 Å². The molecule has 2 saturated carbocycles. The summed E-state index contributed by atoms with van der Waals surface area (Å²) in [6, 6.07) is 3.29. The lowest BCUT2D eigenvalue weighted by Crippen LogP contribution is -2.50.